The minimum Gasteiger partial charge on any atom is -0.501 e. The number of rotatable bonds is 10. The normalized spacial score (nSPS) is 12.3. The molecule has 0 aliphatic heterocycles. The van der Waals surface area contributed by atoms with Crippen molar-refractivity contribution in [3.63, 3.8) is 0 Å². The Morgan fingerprint density at radius 3 is 2.32 bits per heavy atom. The first-order valence-corrected chi connectivity index (χ1v) is 6.47. The third-order valence-corrected chi connectivity index (χ3v) is 2.62. The van der Waals surface area contributed by atoms with E-state index in [4.69, 9.17) is 14.9 Å². The number of carboxylic acid groups (broad SMARTS) is 2. The average molecular weight is 270 g/mol. The van der Waals surface area contributed by atoms with Gasteiger partial charge in [-0.3, -0.25) is 0 Å². The molecule has 0 radical (unpaired) electrons. The summed E-state index contributed by atoms with van der Waals surface area (Å²) in [6.07, 6.45) is 6.52. The summed E-state index contributed by atoms with van der Waals surface area (Å²) in [5.74, 6) is -2.48. The minimum absolute atomic E-state index is 0.0723. The first-order valence-electron chi connectivity index (χ1n) is 6.47. The Morgan fingerprint density at radius 2 is 1.84 bits per heavy atom. The second-order valence-corrected chi connectivity index (χ2v) is 4.17. The molecule has 0 heterocycles. The van der Waals surface area contributed by atoms with E-state index < -0.39 is 11.9 Å². The van der Waals surface area contributed by atoms with Crippen LogP contribution in [0, 0.1) is 0 Å². The highest BCUT2D eigenvalue weighted by Gasteiger charge is 2.09. The van der Waals surface area contributed by atoms with Gasteiger partial charge in [-0.25, -0.2) is 9.59 Å². The number of aliphatic carboxylic acids is 2. The molecule has 0 bridgehead atoms. The maximum Gasteiger partial charge on any atom is 0.331 e. The van der Waals surface area contributed by atoms with Crippen LogP contribution in [0.4, 0.5) is 0 Å². The smallest absolute Gasteiger partial charge is 0.331 e. The standard InChI is InChI=1S/C14H22O5/c1-3-5-6-11(4-2)10-19-8-7-12(14(17)18)9-13(15)16/h9-10H,3-8H2,1-2H3,(H,15,16)(H,17,18)/b11-10?,12-9-. The van der Waals surface area contributed by atoms with Crippen LogP contribution in [0.5, 0.6) is 0 Å². The monoisotopic (exact) mass is 270 g/mol. The Kier molecular flexibility index (Phi) is 9.22. The minimum atomic E-state index is -1.26. The van der Waals surface area contributed by atoms with Crippen LogP contribution in [0.2, 0.25) is 0 Å². The van der Waals surface area contributed by atoms with Crippen LogP contribution in [-0.2, 0) is 14.3 Å². The molecule has 5 heteroatoms. The molecule has 0 saturated heterocycles. The van der Waals surface area contributed by atoms with Gasteiger partial charge in [0.05, 0.1) is 12.9 Å². The molecule has 5 nitrogen and oxygen atoms in total. The van der Waals surface area contributed by atoms with Crippen molar-refractivity contribution in [1.29, 1.82) is 0 Å². The van der Waals surface area contributed by atoms with E-state index in [1.165, 1.54) is 5.57 Å². The summed E-state index contributed by atoms with van der Waals surface area (Å²) in [6.45, 7) is 4.32. The topological polar surface area (TPSA) is 83.8 Å². The van der Waals surface area contributed by atoms with Crippen molar-refractivity contribution in [2.75, 3.05) is 6.61 Å². The van der Waals surface area contributed by atoms with Gasteiger partial charge in [0.25, 0.3) is 0 Å². The second-order valence-electron chi connectivity index (χ2n) is 4.17. The predicted octanol–water partition coefficient (Wildman–Crippen LogP) is 2.97. The highest BCUT2D eigenvalue weighted by Crippen LogP contribution is 2.11. The summed E-state index contributed by atoms with van der Waals surface area (Å²) in [4.78, 5) is 21.2. The molecule has 0 aromatic rings. The van der Waals surface area contributed by atoms with Crippen molar-refractivity contribution in [1.82, 2.24) is 0 Å². The zero-order valence-electron chi connectivity index (χ0n) is 11.5. The van der Waals surface area contributed by atoms with Crippen LogP contribution < -0.4 is 0 Å². The Bertz CT molecular complexity index is 355. The summed E-state index contributed by atoms with van der Waals surface area (Å²) in [5.41, 5.74) is 1.02. The number of unbranched alkanes of at least 4 members (excludes halogenated alkanes) is 1. The molecule has 19 heavy (non-hydrogen) atoms. The molecule has 108 valence electrons. The fourth-order valence-corrected chi connectivity index (χ4v) is 1.46. The van der Waals surface area contributed by atoms with E-state index in [9.17, 15) is 9.59 Å². The lowest BCUT2D eigenvalue weighted by atomic mass is 10.1. The van der Waals surface area contributed by atoms with E-state index in [1.807, 2.05) is 6.92 Å². The lowest BCUT2D eigenvalue weighted by Gasteiger charge is -2.06. The van der Waals surface area contributed by atoms with E-state index in [0.717, 1.165) is 25.7 Å². The zero-order chi connectivity index (χ0) is 14.7. The first-order chi connectivity index (χ1) is 9.01. The molecule has 0 rings (SSSR count). The Morgan fingerprint density at radius 1 is 1.16 bits per heavy atom. The molecule has 0 aromatic heterocycles. The number of ether oxygens (including phenoxy) is 1. The SMILES string of the molecule is CCCCC(=COCC/C(=C/C(=O)O)C(=O)O)CC. The molecule has 0 spiro atoms. The van der Waals surface area contributed by atoms with Crippen LogP contribution in [0.15, 0.2) is 23.5 Å². The van der Waals surface area contributed by atoms with E-state index in [-0.39, 0.29) is 18.6 Å². The van der Waals surface area contributed by atoms with Gasteiger partial charge in [-0.05, 0) is 24.8 Å². The van der Waals surface area contributed by atoms with Crippen molar-refractivity contribution in [2.45, 2.75) is 46.0 Å². The fraction of sp³-hybridized carbons (Fsp3) is 0.571. The molecule has 0 fully saturated rings. The number of hydrogen-bond donors (Lipinski definition) is 2. The zero-order valence-corrected chi connectivity index (χ0v) is 11.5. The number of allylic oxidation sites excluding steroid dienone is 1. The fourth-order valence-electron chi connectivity index (χ4n) is 1.46. The summed E-state index contributed by atoms with van der Waals surface area (Å²) >= 11 is 0. The molecule has 0 atom stereocenters. The number of carboxylic acids is 2. The maximum atomic E-state index is 10.8. The van der Waals surface area contributed by atoms with Crippen LogP contribution in [0.1, 0.15) is 46.0 Å². The van der Waals surface area contributed by atoms with E-state index >= 15 is 0 Å². The number of carbonyl (C=O) groups is 2. The molecule has 0 saturated carbocycles. The lowest BCUT2D eigenvalue weighted by Crippen LogP contribution is -2.06. The third kappa shape index (κ3) is 8.88. The summed E-state index contributed by atoms with van der Waals surface area (Å²) in [7, 11) is 0. The highest BCUT2D eigenvalue weighted by atomic mass is 16.5. The molecular weight excluding hydrogens is 248 g/mol. The van der Waals surface area contributed by atoms with Gasteiger partial charge < -0.3 is 14.9 Å². The van der Waals surface area contributed by atoms with Crippen molar-refractivity contribution in [3.05, 3.63) is 23.5 Å². The van der Waals surface area contributed by atoms with Gasteiger partial charge in [0, 0.05) is 18.1 Å². The van der Waals surface area contributed by atoms with Gasteiger partial charge in [0.15, 0.2) is 0 Å². The van der Waals surface area contributed by atoms with Crippen LogP contribution in [0.3, 0.4) is 0 Å². The average Bonchev–Trinajstić information content (AvgIpc) is 2.35. The molecule has 0 amide bonds. The van der Waals surface area contributed by atoms with Crippen molar-refractivity contribution in [2.24, 2.45) is 0 Å². The van der Waals surface area contributed by atoms with Crippen LogP contribution in [0.25, 0.3) is 0 Å². The van der Waals surface area contributed by atoms with Crippen LogP contribution >= 0.6 is 0 Å². The Hall–Kier alpha value is -1.78. The largest absolute Gasteiger partial charge is 0.501 e. The molecule has 0 aliphatic carbocycles. The Balaban J connectivity index is 4.22. The van der Waals surface area contributed by atoms with Gasteiger partial charge in [0.1, 0.15) is 0 Å². The van der Waals surface area contributed by atoms with Crippen molar-refractivity contribution in [3.8, 4) is 0 Å². The van der Waals surface area contributed by atoms with E-state index in [0.29, 0.717) is 6.08 Å². The molecule has 0 unspecified atom stereocenters. The molecule has 0 aromatic carbocycles. The maximum absolute atomic E-state index is 10.8. The van der Waals surface area contributed by atoms with Gasteiger partial charge in [-0.15, -0.1) is 0 Å². The van der Waals surface area contributed by atoms with E-state index in [1.54, 1.807) is 6.26 Å². The van der Waals surface area contributed by atoms with Gasteiger partial charge in [-0.2, -0.15) is 0 Å². The third-order valence-electron chi connectivity index (χ3n) is 2.62. The predicted molar refractivity (Wildman–Crippen MR) is 71.8 cm³/mol. The van der Waals surface area contributed by atoms with Gasteiger partial charge >= 0.3 is 11.9 Å². The number of hydrogen-bond acceptors (Lipinski definition) is 3. The van der Waals surface area contributed by atoms with Gasteiger partial charge in [-0.1, -0.05) is 20.3 Å². The van der Waals surface area contributed by atoms with Gasteiger partial charge in [0.2, 0.25) is 0 Å². The summed E-state index contributed by atoms with van der Waals surface area (Å²) in [6, 6.07) is 0. The van der Waals surface area contributed by atoms with E-state index in [2.05, 4.69) is 6.92 Å². The first kappa shape index (κ1) is 17.2. The molecule has 2 N–H and O–H groups in total. The quantitative estimate of drug-likeness (QED) is 0.362. The Labute approximate surface area is 113 Å². The molecule has 0 aliphatic rings. The van der Waals surface area contributed by atoms with Crippen LogP contribution in [-0.4, -0.2) is 28.8 Å². The summed E-state index contributed by atoms with van der Waals surface area (Å²) < 4.78 is 5.29. The summed E-state index contributed by atoms with van der Waals surface area (Å²) in [5, 5.41) is 17.3. The van der Waals surface area contributed by atoms with Crippen molar-refractivity contribution >= 4 is 11.9 Å². The van der Waals surface area contributed by atoms with Crippen molar-refractivity contribution < 1.29 is 24.5 Å². The second kappa shape index (κ2) is 10.2. The molecular formula is C14H22O5. The highest BCUT2D eigenvalue weighted by molar-refractivity contribution is 5.94. The lowest BCUT2D eigenvalue weighted by molar-refractivity contribution is -0.135.